The molecule has 2 aromatic rings. The van der Waals surface area contributed by atoms with Crippen molar-refractivity contribution >= 4 is 29.2 Å². The highest BCUT2D eigenvalue weighted by Gasteiger charge is 2.39. The Morgan fingerprint density at radius 3 is 2.65 bits per heavy atom. The molecule has 1 aliphatic heterocycles. The fourth-order valence-electron chi connectivity index (χ4n) is 3.25. The molecule has 168 valence electrons. The molecule has 0 saturated carbocycles. The van der Waals surface area contributed by atoms with Crippen molar-refractivity contribution in [3.8, 4) is 0 Å². The number of alkyl halides is 5. The molecule has 2 aromatic heterocycles. The number of nitrogens with one attached hydrogen (secondary N) is 1. The first-order valence-corrected chi connectivity index (χ1v) is 10.6. The number of nitrogens with zero attached hydrogens (tertiary/aromatic N) is 4. The van der Waals surface area contributed by atoms with Gasteiger partial charge in [-0.15, -0.1) is 11.8 Å². The second-order valence-electron chi connectivity index (χ2n) is 7.07. The molecular formula is C19H20F5N5OS. The molecule has 0 atom stereocenters. The number of anilines is 2. The fourth-order valence-corrected chi connectivity index (χ4v) is 3.66. The van der Waals surface area contributed by atoms with Crippen LogP contribution in [0.5, 0.6) is 0 Å². The van der Waals surface area contributed by atoms with E-state index in [0.29, 0.717) is 10.7 Å². The zero-order chi connectivity index (χ0) is 22.8. The number of hydrogen-bond donors (Lipinski definition) is 1. The molecule has 1 fully saturated rings. The van der Waals surface area contributed by atoms with Gasteiger partial charge >= 0.3 is 6.18 Å². The maximum absolute atomic E-state index is 13.8. The van der Waals surface area contributed by atoms with Crippen molar-refractivity contribution in [2.24, 2.45) is 0 Å². The minimum absolute atomic E-state index is 0.0511. The molecule has 0 aliphatic carbocycles. The van der Waals surface area contributed by atoms with Gasteiger partial charge in [-0.05, 0) is 31.7 Å². The van der Waals surface area contributed by atoms with E-state index in [0.717, 1.165) is 0 Å². The van der Waals surface area contributed by atoms with Crippen molar-refractivity contribution < 1.29 is 26.7 Å². The summed E-state index contributed by atoms with van der Waals surface area (Å²) in [5.41, 5.74) is 0.0164. The molecular weight excluding hydrogens is 441 g/mol. The summed E-state index contributed by atoms with van der Waals surface area (Å²) in [6.07, 6.45) is -2.43. The molecule has 3 rings (SSSR count). The van der Waals surface area contributed by atoms with Crippen molar-refractivity contribution in [2.45, 2.75) is 43.3 Å². The summed E-state index contributed by atoms with van der Waals surface area (Å²) in [4.78, 5) is 25.4. The lowest BCUT2D eigenvalue weighted by atomic mass is 10.1. The molecule has 1 saturated heterocycles. The third kappa shape index (κ3) is 5.60. The van der Waals surface area contributed by atoms with Crippen LogP contribution in [0.1, 0.15) is 41.1 Å². The van der Waals surface area contributed by atoms with Crippen LogP contribution in [0.15, 0.2) is 23.4 Å². The van der Waals surface area contributed by atoms with E-state index in [1.54, 1.807) is 12.3 Å². The lowest BCUT2D eigenvalue weighted by Crippen LogP contribution is -2.31. The first-order valence-electron chi connectivity index (χ1n) is 9.40. The van der Waals surface area contributed by atoms with E-state index in [4.69, 9.17) is 0 Å². The SMILES string of the molecule is CSc1cc(NC(=O)c2c(C)nc(C(F)(F)F)nc2N2CCCC(F)(F)CC2)ccn1. The molecule has 0 spiro atoms. The summed E-state index contributed by atoms with van der Waals surface area (Å²) >= 11 is 1.35. The van der Waals surface area contributed by atoms with E-state index < -0.39 is 30.3 Å². The number of pyridine rings is 1. The van der Waals surface area contributed by atoms with Gasteiger partial charge < -0.3 is 10.2 Å². The zero-order valence-corrected chi connectivity index (χ0v) is 17.6. The normalized spacial score (nSPS) is 16.7. The van der Waals surface area contributed by atoms with Crippen LogP contribution in [0, 0.1) is 6.92 Å². The van der Waals surface area contributed by atoms with Crippen LogP contribution < -0.4 is 10.2 Å². The van der Waals surface area contributed by atoms with Crippen LogP contribution in [0.3, 0.4) is 0 Å². The maximum Gasteiger partial charge on any atom is 0.451 e. The van der Waals surface area contributed by atoms with Gasteiger partial charge in [-0.25, -0.2) is 23.7 Å². The van der Waals surface area contributed by atoms with Gasteiger partial charge in [0.2, 0.25) is 11.7 Å². The third-order valence-corrected chi connectivity index (χ3v) is 5.41. The molecule has 1 amide bonds. The Morgan fingerprint density at radius 2 is 1.97 bits per heavy atom. The van der Waals surface area contributed by atoms with Gasteiger partial charge in [0, 0.05) is 37.8 Å². The van der Waals surface area contributed by atoms with Gasteiger partial charge in [-0.3, -0.25) is 4.79 Å². The quantitative estimate of drug-likeness (QED) is 0.521. The number of halogens is 5. The molecule has 0 radical (unpaired) electrons. The van der Waals surface area contributed by atoms with Crippen molar-refractivity contribution in [3.05, 3.63) is 35.4 Å². The second-order valence-corrected chi connectivity index (χ2v) is 7.89. The van der Waals surface area contributed by atoms with Crippen molar-refractivity contribution in [1.82, 2.24) is 15.0 Å². The van der Waals surface area contributed by atoms with E-state index in [9.17, 15) is 26.7 Å². The van der Waals surface area contributed by atoms with E-state index in [1.807, 2.05) is 0 Å². The highest BCUT2D eigenvalue weighted by atomic mass is 32.2. The van der Waals surface area contributed by atoms with Gasteiger partial charge in [0.1, 0.15) is 11.4 Å². The predicted molar refractivity (Wildman–Crippen MR) is 107 cm³/mol. The van der Waals surface area contributed by atoms with Crippen LogP contribution in [0.25, 0.3) is 0 Å². The predicted octanol–water partition coefficient (Wildman–Crippen LogP) is 4.80. The maximum atomic E-state index is 13.8. The smallest absolute Gasteiger partial charge is 0.356 e. The van der Waals surface area contributed by atoms with E-state index in [2.05, 4.69) is 20.3 Å². The highest BCUT2D eigenvalue weighted by molar-refractivity contribution is 7.98. The minimum Gasteiger partial charge on any atom is -0.356 e. The van der Waals surface area contributed by atoms with Gasteiger partial charge in [-0.1, -0.05) is 0 Å². The Morgan fingerprint density at radius 1 is 1.23 bits per heavy atom. The number of hydrogen-bond acceptors (Lipinski definition) is 6. The van der Waals surface area contributed by atoms with Gasteiger partial charge in [0.25, 0.3) is 5.91 Å². The van der Waals surface area contributed by atoms with Crippen LogP contribution in [0.2, 0.25) is 0 Å². The number of amides is 1. The van der Waals surface area contributed by atoms with Crippen LogP contribution >= 0.6 is 11.8 Å². The summed E-state index contributed by atoms with van der Waals surface area (Å²) in [5.74, 6) is -5.36. The summed E-state index contributed by atoms with van der Waals surface area (Å²) in [6.45, 7) is 1.09. The van der Waals surface area contributed by atoms with Gasteiger partial charge in [-0.2, -0.15) is 13.2 Å². The molecule has 3 heterocycles. The molecule has 31 heavy (non-hydrogen) atoms. The Bertz CT molecular complexity index is 969. The molecule has 6 nitrogen and oxygen atoms in total. The number of carbonyl (C=O) groups excluding carboxylic acids is 1. The monoisotopic (exact) mass is 461 g/mol. The molecule has 0 unspecified atom stereocenters. The second kappa shape index (κ2) is 8.93. The average molecular weight is 461 g/mol. The molecule has 1 N–H and O–H groups in total. The first-order chi connectivity index (χ1) is 14.5. The molecule has 0 bridgehead atoms. The lowest BCUT2D eigenvalue weighted by Gasteiger charge is -2.25. The van der Waals surface area contributed by atoms with Crippen LogP contribution in [0.4, 0.5) is 33.5 Å². The lowest BCUT2D eigenvalue weighted by molar-refractivity contribution is -0.145. The Labute approximate surface area is 179 Å². The number of rotatable bonds is 4. The Kier molecular flexibility index (Phi) is 6.68. The average Bonchev–Trinajstić information content (AvgIpc) is 2.87. The standard InChI is InChI=1S/C19H20F5N5OS/c1-11-14(16(30)27-12-4-7-25-13(10-12)31-2)15(28-17(26-11)19(22,23)24)29-8-3-5-18(20,21)6-9-29/h4,7,10H,3,5-6,8-9H2,1-2H3,(H,25,27,30). The highest BCUT2D eigenvalue weighted by Crippen LogP contribution is 2.34. The number of aryl methyl sites for hydroxylation is 1. The van der Waals surface area contributed by atoms with Crippen molar-refractivity contribution in [2.75, 3.05) is 29.6 Å². The van der Waals surface area contributed by atoms with Gasteiger partial charge in [0.05, 0.1) is 10.7 Å². The van der Waals surface area contributed by atoms with Gasteiger partial charge in [0.15, 0.2) is 0 Å². The summed E-state index contributed by atoms with van der Waals surface area (Å²) in [5, 5.41) is 3.25. The number of carbonyl (C=O) groups is 1. The summed E-state index contributed by atoms with van der Waals surface area (Å²) in [6, 6.07) is 3.14. The van der Waals surface area contributed by atoms with Crippen molar-refractivity contribution in [3.63, 3.8) is 0 Å². The number of aromatic nitrogens is 3. The summed E-state index contributed by atoms with van der Waals surface area (Å²) < 4.78 is 67.5. The van der Waals surface area contributed by atoms with E-state index in [-0.39, 0.29) is 43.0 Å². The van der Waals surface area contributed by atoms with E-state index in [1.165, 1.54) is 35.8 Å². The van der Waals surface area contributed by atoms with E-state index >= 15 is 0 Å². The largest absolute Gasteiger partial charge is 0.451 e. The van der Waals surface area contributed by atoms with Crippen LogP contribution in [-0.4, -0.2) is 46.1 Å². The Hall–Kier alpha value is -2.50. The van der Waals surface area contributed by atoms with Crippen LogP contribution in [-0.2, 0) is 6.18 Å². The molecule has 1 aliphatic rings. The molecule has 0 aromatic carbocycles. The third-order valence-electron chi connectivity index (χ3n) is 4.77. The van der Waals surface area contributed by atoms with Crippen molar-refractivity contribution in [1.29, 1.82) is 0 Å². The first kappa shape index (κ1) is 23.2. The molecule has 12 heteroatoms. The zero-order valence-electron chi connectivity index (χ0n) is 16.8. The minimum atomic E-state index is -4.84. The topological polar surface area (TPSA) is 71.0 Å². The Balaban J connectivity index is 2.02. The number of thioether (sulfide) groups is 1. The fraction of sp³-hybridized carbons (Fsp3) is 0.474. The summed E-state index contributed by atoms with van der Waals surface area (Å²) in [7, 11) is 0.